The van der Waals surface area contributed by atoms with Crippen molar-refractivity contribution in [1.82, 2.24) is 0 Å². The van der Waals surface area contributed by atoms with Gasteiger partial charge >= 0.3 is 0 Å². The maximum absolute atomic E-state index is 2.50. The summed E-state index contributed by atoms with van der Waals surface area (Å²) in [6.45, 7) is 7.14. The van der Waals surface area contributed by atoms with Crippen LogP contribution in [0, 0.1) is 0 Å². The molecule has 0 atom stereocenters. The van der Waals surface area contributed by atoms with Gasteiger partial charge < -0.3 is 0 Å². The first-order chi connectivity index (χ1) is 7.75. The van der Waals surface area contributed by atoms with Crippen molar-refractivity contribution in [2.75, 3.05) is 0 Å². The van der Waals surface area contributed by atoms with Crippen LogP contribution in [0.3, 0.4) is 0 Å². The molecule has 1 aromatic rings. The van der Waals surface area contributed by atoms with Crippen molar-refractivity contribution in [3.63, 3.8) is 0 Å². The van der Waals surface area contributed by atoms with Gasteiger partial charge in [-0.3, -0.25) is 0 Å². The van der Waals surface area contributed by atoms with Crippen LogP contribution in [0.25, 0.3) is 6.08 Å². The minimum Gasteiger partial charge on any atom is -0.0795 e. The van der Waals surface area contributed by atoms with Crippen molar-refractivity contribution in [2.24, 2.45) is 0 Å². The highest BCUT2D eigenvalue weighted by atomic mass is 28.3. The number of hydrogen-bond acceptors (Lipinski definition) is 0. The second-order valence-corrected chi connectivity index (χ2v) is 10.1. The van der Waals surface area contributed by atoms with Crippen molar-refractivity contribution >= 4 is 19.3 Å². The molecule has 1 heteroatoms. The SMILES string of the molecule is CC[Si](CC)(CC)c1ccc2c(c1)CC=C2. The van der Waals surface area contributed by atoms with E-state index >= 15 is 0 Å². The highest BCUT2D eigenvalue weighted by molar-refractivity contribution is 6.91. The average Bonchev–Trinajstić information content (AvgIpc) is 2.79. The monoisotopic (exact) mass is 230 g/mol. The van der Waals surface area contributed by atoms with Crippen molar-refractivity contribution in [3.8, 4) is 0 Å². The quantitative estimate of drug-likeness (QED) is 0.687. The standard InChI is InChI=1S/C15H22Si/c1-4-16(5-2,6-3)15-11-10-13-8-7-9-14(13)12-15/h7-8,10-12H,4-6,9H2,1-3H3. The largest absolute Gasteiger partial charge is 0.0859 e. The van der Waals surface area contributed by atoms with E-state index in [9.17, 15) is 0 Å². The van der Waals surface area contributed by atoms with E-state index < -0.39 is 8.07 Å². The van der Waals surface area contributed by atoms with Gasteiger partial charge in [-0.2, -0.15) is 0 Å². The van der Waals surface area contributed by atoms with Crippen molar-refractivity contribution in [3.05, 3.63) is 35.4 Å². The maximum atomic E-state index is 2.50. The van der Waals surface area contributed by atoms with Gasteiger partial charge in [-0.25, -0.2) is 0 Å². The van der Waals surface area contributed by atoms with Gasteiger partial charge in [0.15, 0.2) is 0 Å². The lowest BCUT2D eigenvalue weighted by molar-refractivity contribution is 1.19. The molecule has 86 valence electrons. The molecule has 0 unspecified atom stereocenters. The third kappa shape index (κ3) is 1.78. The van der Waals surface area contributed by atoms with Gasteiger partial charge in [-0.05, 0) is 17.5 Å². The molecule has 0 fully saturated rings. The fourth-order valence-corrected chi connectivity index (χ4v) is 6.59. The van der Waals surface area contributed by atoms with Crippen molar-refractivity contribution in [2.45, 2.75) is 45.3 Å². The van der Waals surface area contributed by atoms with E-state index in [0.29, 0.717) is 0 Å². The van der Waals surface area contributed by atoms with E-state index in [1.807, 2.05) is 0 Å². The molecule has 0 N–H and O–H groups in total. The Morgan fingerprint density at radius 1 is 1.06 bits per heavy atom. The van der Waals surface area contributed by atoms with E-state index in [1.54, 1.807) is 10.8 Å². The van der Waals surface area contributed by atoms with Crippen LogP contribution in [0.2, 0.25) is 18.1 Å². The second-order valence-electron chi connectivity index (χ2n) is 4.86. The molecule has 0 heterocycles. The summed E-state index contributed by atoms with van der Waals surface area (Å²) in [4.78, 5) is 0. The smallest absolute Gasteiger partial charge is 0.0795 e. The Balaban J connectivity index is 2.40. The molecule has 0 spiro atoms. The summed E-state index contributed by atoms with van der Waals surface area (Å²) in [6, 6.07) is 11.4. The molecule has 0 saturated heterocycles. The topological polar surface area (TPSA) is 0 Å². The van der Waals surface area contributed by atoms with E-state index in [0.717, 1.165) is 6.42 Å². The third-order valence-corrected chi connectivity index (χ3v) is 10.0. The van der Waals surface area contributed by atoms with E-state index in [1.165, 1.54) is 23.7 Å². The molecule has 0 nitrogen and oxygen atoms in total. The van der Waals surface area contributed by atoms with Crippen LogP contribution < -0.4 is 5.19 Å². The molecule has 0 saturated carbocycles. The first-order valence-corrected chi connectivity index (χ1v) is 9.18. The molecule has 1 aliphatic carbocycles. The summed E-state index contributed by atoms with van der Waals surface area (Å²) < 4.78 is 0. The summed E-state index contributed by atoms with van der Waals surface area (Å²) in [5.74, 6) is 0. The highest BCUT2D eigenvalue weighted by Gasteiger charge is 2.29. The number of allylic oxidation sites excluding steroid dienone is 1. The third-order valence-electron chi connectivity index (χ3n) is 4.42. The maximum Gasteiger partial charge on any atom is 0.0859 e. The lowest BCUT2D eigenvalue weighted by Gasteiger charge is -2.29. The Hall–Kier alpha value is -0.823. The van der Waals surface area contributed by atoms with Crippen LogP contribution in [0.15, 0.2) is 24.3 Å². The van der Waals surface area contributed by atoms with Crippen molar-refractivity contribution in [1.29, 1.82) is 0 Å². The lowest BCUT2D eigenvalue weighted by atomic mass is 10.1. The van der Waals surface area contributed by atoms with Crippen molar-refractivity contribution < 1.29 is 0 Å². The zero-order valence-electron chi connectivity index (χ0n) is 10.7. The summed E-state index contributed by atoms with van der Waals surface area (Å²) in [6.07, 6.45) is 5.68. The van der Waals surface area contributed by atoms with Crippen LogP contribution >= 0.6 is 0 Å². The first kappa shape index (κ1) is 11.7. The summed E-state index contributed by atoms with van der Waals surface area (Å²) in [5, 5.41) is 1.68. The van der Waals surface area contributed by atoms with Crippen LogP contribution in [-0.4, -0.2) is 8.07 Å². The first-order valence-electron chi connectivity index (χ1n) is 6.55. The average molecular weight is 230 g/mol. The fraction of sp³-hybridized carbons (Fsp3) is 0.467. The minimum atomic E-state index is -1.16. The number of rotatable bonds is 4. The zero-order chi connectivity index (χ0) is 11.6. The Morgan fingerprint density at radius 3 is 2.38 bits per heavy atom. The zero-order valence-corrected chi connectivity index (χ0v) is 11.7. The van der Waals surface area contributed by atoms with Crippen LogP contribution in [0.5, 0.6) is 0 Å². The van der Waals surface area contributed by atoms with E-state index in [4.69, 9.17) is 0 Å². The predicted molar refractivity (Wildman–Crippen MR) is 76.0 cm³/mol. The predicted octanol–water partition coefficient (Wildman–Crippen LogP) is 3.97. The highest BCUT2D eigenvalue weighted by Crippen LogP contribution is 2.24. The van der Waals surface area contributed by atoms with Gasteiger partial charge in [0, 0.05) is 0 Å². The molecule has 0 bridgehead atoms. The minimum absolute atomic E-state index is 1.14. The number of benzene rings is 1. The van der Waals surface area contributed by atoms with Gasteiger partial charge in [0.2, 0.25) is 0 Å². The van der Waals surface area contributed by atoms with E-state index in [2.05, 4.69) is 51.1 Å². The van der Waals surface area contributed by atoms with Crippen LogP contribution in [0.1, 0.15) is 31.9 Å². The van der Waals surface area contributed by atoms with Gasteiger partial charge in [0.1, 0.15) is 0 Å². The molecule has 0 aromatic heterocycles. The Bertz CT molecular complexity index is 392. The molecule has 1 aromatic carbocycles. The normalized spacial score (nSPS) is 14.2. The summed E-state index contributed by atoms with van der Waals surface area (Å²) in [5.41, 5.74) is 2.99. The van der Waals surface area contributed by atoms with Crippen LogP contribution in [0.4, 0.5) is 0 Å². The van der Waals surface area contributed by atoms with Crippen LogP contribution in [-0.2, 0) is 6.42 Å². The molecule has 0 aliphatic heterocycles. The second kappa shape index (κ2) is 4.58. The summed E-state index contributed by atoms with van der Waals surface area (Å²) >= 11 is 0. The van der Waals surface area contributed by atoms with Gasteiger partial charge in [-0.1, -0.05) is 74.4 Å². The Kier molecular flexibility index (Phi) is 3.34. The number of hydrogen-bond donors (Lipinski definition) is 0. The molecule has 0 amide bonds. The van der Waals surface area contributed by atoms with Gasteiger partial charge in [0.05, 0.1) is 8.07 Å². The fourth-order valence-electron chi connectivity index (χ4n) is 2.95. The van der Waals surface area contributed by atoms with Gasteiger partial charge in [-0.15, -0.1) is 0 Å². The molecular formula is C15H22Si. The molecule has 2 rings (SSSR count). The van der Waals surface area contributed by atoms with Gasteiger partial charge in [0.25, 0.3) is 0 Å². The lowest BCUT2D eigenvalue weighted by Crippen LogP contribution is -2.45. The Morgan fingerprint density at radius 2 is 1.75 bits per heavy atom. The molecular weight excluding hydrogens is 208 g/mol. The molecule has 0 radical (unpaired) electrons. The molecule has 1 aliphatic rings. The molecule has 16 heavy (non-hydrogen) atoms. The number of fused-ring (bicyclic) bond motifs is 1. The van der Waals surface area contributed by atoms with E-state index in [-0.39, 0.29) is 0 Å². The summed E-state index contributed by atoms with van der Waals surface area (Å²) in [7, 11) is -1.16. The Labute approximate surface area is 100 Å².